The van der Waals surface area contributed by atoms with Crippen LogP contribution in [0, 0.1) is 0 Å². The second kappa shape index (κ2) is 11.1. The SMILES string of the molecule is COCCOCCN(Cc1ccccc1)C(=O)CC1COCCN1. The number of hydrogen-bond acceptors (Lipinski definition) is 5. The smallest absolute Gasteiger partial charge is 0.224 e. The standard InChI is InChI=1S/C18H28N2O4/c1-22-11-12-23-10-8-20(14-16-5-3-2-4-6-16)18(21)13-17-15-24-9-7-19-17/h2-6,17,19H,7-15H2,1H3. The maximum atomic E-state index is 12.7. The Labute approximate surface area is 144 Å². The fraction of sp³-hybridized carbons (Fsp3) is 0.611. The molecule has 1 fully saturated rings. The van der Waals surface area contributed by atoms with Gasteiger partial charge >= 0.3 is 0 Å². The number of hydrogen-bond donors (Lipinski definition) is 1. The van der Waals surface area contributed by atoms with Gasteiger partial charge in [0, 0.05) is 39.2 Å². The molecule has 1 unspecified atom stereocenters. The zero-order valence-electron chi connectivity index (χ0n) is 14.4. The molecule has 1 aromatic rings. The van der Waals surface area contributed by atoms with Crippen LogP contribution in [0.3, 0.4) is 0 Å². The van der Waals surface area contributed by atoms with Crippen molar-refractivity contribution in [2.75, 3.05) is 53.2 Å². The molecule has 1 aliphatic heterocycles. The molecule has 1 amide bonds. The van der Waals surface area contributed by atoms with Crippen LogP contribution in [0.1, 0.15) is 12.0 Å². The monoisotopic (exact) mass is 336 g/mol. The van der Waals surface area contributed by atoms with Gasteiger partial charge in [-0.3, -0.25) is 4.79 Å². The molecule has 0 radical (unpaired) electrons. The van der Waals surface area contributed by atoms with Crippen LogP contribution in [0.2, 0.25) is 0 Å². The lowest BCUT2D eigenvalue weighted by molar-refractivity contribution is -0.134. The minimum Gasteiger partial charge on any atom is -0.382 e. The summed E-state index contributed by atoms with van der Waals surface area (Å²) in [7, 11) is 1.65. The average Bonchev–Trinajstić information content (AvgIpc) is 2.62. The van der Waals surface area contributed by atoms with E-state index in [1.807, 2.05) is 35.2 Å². The predicted octanol–water partition coefficient (Wildman–Crippen LogP) is 1.06. The molecule has 0 bridgehead atoms. The summed E-state index contributed by atoms with van der Waals surface area (Å²) in [6.07, 6.45) is 0.449. The van der Waals surface area contributed by atoms with Gasteiger partial charge in [-0.1, -0.05) is 30.3 Å². The molecule has 0 spiro atoms. The highest BCUT2D eigenvalue weighted by Gasteiger charge is 2.21. The Morgan fingerprint density at radius 1 is 1.29 bits per heavy atom. The molecule has 1 N–H and O–H groups in total. The van der Waals surface area contributed by atoms with Gasteiger partial charge in [0.25, 0.3) is 0 Å². The molecule has 1 atom stereocenters. The molecule has 2 rings (SSSR count). The first-order valence-electron chi connectivity index (χ1n) is 8.49. The molecule has 0 aromatic heterocycles. The molecular weight excluding hydrogens is 308 g/mol. The number of amides is 1. The molecular formula is C18H28N2O4. The van der Waals surface area contributed by atoms with Crippen LogP contribution in [0.4, 0.5) is 0 Å². The van der Waals surface area contributed by atoms with E-state index >= 15 is 0 Å². The summed E-state index contributed by atoms with van der Waals surface area (Å²) in [6, 6.07) is 10.1. The van der Waals surface area contributed by atoms with E-state index in [0.717, 1.165) is 12.1 Å². The van der Waals surface area contributed by atoms with Crippen molar-refractivity contribution < 1.29 is 19.0 Å². The van der Waals surface area contributed by atoms with E-state index in [-0.39, 0.29) is 11.9 Å². The van der Waals surface area contributed by atoms with E-state index in [1.54, 1.807) is 7.11 Å². The van der Waals surface area contributed by atoms with Gasteiger partial charge in [0.05, 0.1) is 33.0 Å². The molecule has 0 saturated carbocycles. The summed E-state index contributed by atoms with van der Waals surface area (Å²) in [5.74, 6) is 0.122. The molecule has 1 aliphatic rings. The van der Waals surface area contributed by atoms with E-state index in [1.165, 1.54) is 0 Å². The summed E-state index contributed by atoms with van der Waals surface area (Å²) >= 11 is 0. The summed E-state index contributed by atoms with van der Waals surface area (Å²) in [5, 5.41) is 3.33. The van der Waals surface area contributed by atoms with Crippen molar-refractivity contribution in [2.24, 2.45) is 0 Å². The van der Waals surface area contributed by atoms with Gasteiger partial charge < -0.3 is 24.4 Å². The number of nitrogens with one attached hydrogen (secondary N) is 1. The van der Waals surface area contributed by atoms with E-state index < -0.39 is 0 Å². The van der Waals surface area contributed by atoms with Crippen LogP contribution in [0.15, 0.2) is 30.3 Å². The minimum absolute atomic E-state index is 0.0962. The van der Waals surface area contributed by atoms with Gasteiger partial charge in [-0.2, -0.15) is 0 Å². The van der Waals surface area contributed by atoms with Gasteiger partial charge in [0.2, 0.25) is 5.91 Å². The van der Waals surface area contributed by atoms with Crippen molar-refractivity contribution in [3.63, 3.8) is 0 Å². The summed E-state index contributed by atoms with van der Waals surface area (Å²) in [6.45, 7) is 4.90. The highest BCUT2D eigenvalue weighted by atomic mass is 16.5. The van der Waals surface area contributed by atoms with Crippen molar-refractivity contribution in [3.8, 4) is 0 Å². The predicted molar refractivity (Wildman–Crippen MR) is 91.8 cm³/mol. The fourth-order valence-electron chi connectivity index (χ4n) is 2.61. The summed E-state index contributed by atoms with van der Waals surface area (Å²) in [4.78, 5) is 14.5. The van der Waals surface area contributed by atoms with Gasteiger partial charge in [-0.25, -0.2) is 0 Å². The van der Waals surface area contributed by atoms with Crippen LogP contribution in [-0.4, -0.2) is 70.1 Å². The first kappa shape index (κ1) is 18.9. The van der Waals surface area contributed by atoms with E-state index in [2.05, 4.69) is 5.32 Å². The number of nitrogens with zero attached hydrogens (tertiary/aromatic N) is 1. The third-order valence-electron chi connectivity index (χ3n) is 3.93. The number of carbonyl (C=O) groups is 1. The Balaban J connectivity index is 1.86. The van der Waals surface area contributed by atoms with Crippen LogP contribution in [0.5, 0.6) is 0 Å². The van der Waals surface area contributed by atoms with Gasteiger partial charge in [-0.15, -0.1) is 0 Å². The molecule has 134 valence electrons. The molecule has 24 heavy (non-hydrogen) atoms. The van der Waals surface area contributed by atoms with E-state index in [0.29, 0.717) is 52.5 Å². The quantitative estimate of drug-likeness (QED) is 0.648. The van der Waals surface area contributed by atoms with Crippen molar-refractivity contribution in [3.05, 3.63) is 35.9 Å². The number of methoxy groups -OCH3 is 1. The maximum absolute atomic E-state index is 12.7. The fourth-order valence-corrected chi connectivity index (χ4v) is 2.61. The maximum Gasteiger partial charge on any atom is 0.224 e. The van der Waals surface area contributed by atoms with Crippen LogP contribution >= 0.6 is 0 Å². The molecule has 1 heterocycles. The number of morpholine rings is 1. The number of rotatable bonds is 10. The third-order valence-corrected chi connectivity index (χ3v) is 3.93. The Morgan fingerprint density at radius 2 is 2.12 bits per heavy atom. The minimum atomic E-state index is 0.0962. The zero-order valence-corrected chi connectivity index (χ0v) is 14.4. The average molecular weight is 336 g/mol. The summed E-state index contributed by atoms with van der Waals surface area (Å²) < 4.78 is 15.9. The molecule has 1 aromatic carbocycles. The van der Waals surface area contributed by atoms with Crippen molar-refractivity contribution in [1.29, 1.82) is 0 Å². The highest BCUT2D eigenvalue weighted by molar-refractivity contribution is 5.76. The summed E-state index contributed by atoms with van der Waals surface area (Å²) in [5.41, 5.74) is 1.12. The first-order chi connectivity index (χ1) is 11.8. The van der Waals surface area contributed by atoms with Gasteiger partial charge in [0.1, 0.15) is 0 Å². The third kappa shape index (κ3) is 6.97. The van der Waals surface area contributed by atoms with E-state index in [9.17, 15) is 4.79 Å². The second-order valence-corrected chi connectivity index (χ2v) is 5.84. The van der Waals surface area contributed by atoms with Crippen molar-refractivity contribution in [2.45, 2.75) is 19.0 Å². The molecule has 0 aliphatic carbocycles. The Hall–Kier alpha value is -1.47. The lowest BCUT2D eigenvalue weighted by Gasteiger charge is -2.28. The molecule has 1 saturated heterocycles. The van der Waals surface area contributed by atoms with Gasteiger partial charge in [-0.05, 0) is 5.56 Å². The van der Waals surface area contributed by atoms with Gasteiger partial charge in [0.15, 0.2) is 0 Å². The van der Waals surface area contributed by atoms with Crippen LogP contribution in [0.25, 0.3) is 0 Å². The second-order valence-electron chi connectivity index (χ2n) is 5.84. The Bertz CT molecular complexity index is 463. The number of carbonyl (C=O) groups excluding carboxylic acids is 1. The Morgan fingerprint density at radius 3 is 2.83 bits per heavy atom. The number of ether oxygens (including phenoxy) is 3. The van der Waals surface area contributed by atoms with Crippen molar-refractivity contribution in [1.82, 2.24) is 10.2 Å². The number of benzene rings is 1. The van der Waals surface area contributed by atoms with Crippen LogP contribution < -0.4 is 5.32 Å². The molecule has 6 heteroatoms. The largest absolute Gasteiger partial charge is 0.382 e. The van der Waals surface area contributed by atoms with Crippen LogP contribution in [-0.2, 0) is 25.5 Å². The lowest BCUT2D eigenvalue weighted by atomic mass is 10.1. The first-order valence-corrected chi connectivity index (χ1v) is 8.49. The Kier molecular flexibility index (Phi) is 8.76. The molecule has 6 nitrogen and oxygen atoms in total. The zero-order chi connectivity index (χ0) is 17.0. The normalized spacial score (nSPS) is 17.6. The van der Waals surface area contributed by atoms with Crippen molar-refractivity contribution >= 4 is 5.91 Å². The van der Waals surface area contributed by atoms with E-state index in [4.69, 9.17) is 14.2 Å². The highest BCUT2D eigenvalue weighted by Crippen LogP contribution is 2.09. The topological polar surface area (TPSA) is 60.0 Å². The lowest BCUT2D eigenvalue weighted by Crippen LogP contribution is -2.45.